The first kappa shape index (κ1) is 17.1. The van der Waals surface area contributed by atoms with E-state index in [2.05, 4.69) is 10.2 Å². The summed E-state index contributed by atoms with van der Waals surface area (Å²) in [7, 11) is 0. The molecule has 0 amide bonds. The predicted molar refractivity (Wildman–Crippen MR) is 110 cm³/mol. The average molecular weight is 380 g/mol. The van der Waals surface area contributed by atoms with Gasteiger partial charge in [0.15, 0.2) is 0 Å². The Labute approximate surface area is 166 Å². The van der Waals surface area contributed by atoms with E-state index in [4.69, 9.17) is 9.40 Å². The normalized spacial score (nSPS) is 11.0. The summed E-state index contributed by atoms with van der Waals surface area (Å²) in [6.45, 7) is 0.140. The van der Waals surface area contributed by atoms with E-state index in [0.29, 0.717) is 28.5 Å². The fraction of sp³-hybridized carbons (Fsp3) is 0.0435. The monoisotopic (exact) mass is 380 g/mol. The first-order chi connectivity index (χ1) is 14.3. The van der Waals surface area contributed by atoms with Crippen LogP contribution in [-0.4, -0.2) is 19.7 Å². The molecule has 0 N–H and O–H groups in total. The van der Waals surface area contributed by atoms with Gasteiger partial charge in [-0.1, -0.05) is 60.7 Å². The molecular weight excluding hydrogens is 364 g/mol. The molecule has 0 bridgehead atoms. The first-order valence-corrected chi connectivity index (χ1v) is 9.22. The van der Waals surface area contributed by atoms with Crippen LogP contribution in [0.5, 0.6) is 0 Å². The quantitative estimate of drug-likeness (QED) is 0.468. The lowest BCUT2D eigenvalue weighted by Crippen LogP contribution is -2.24. The fourth-order valence-corrected chi connectivity index (χ4v) is 3.27. The van der Waals surface area contributed by atoms with Crippen molar-refractivity contribution < 1.29 is 4.42 Å². The molecule has 0 unspecified atom stereocenters. The zero-order chi connectivity index (χ0) is 19.6. The maximum absolute atomic E-state index is 13.2. The van der Waals surface area contributed by atoms with Crippen LogP contribution in [0.15, 0.2) is 94.1 Å². The molecule has 0 saturated carbocycles. The third kappa shape index (κ3) is 3.21. The molecule has 0 spiro atoms. The molecule has 6 nitrogen and oxygen atoms in total. The van der Waals surface area contributed by atoms with E-state index in [-0.39, 0.29) is 12.1 Å². The lowest BCUT2D eigenvalue weighted by molar-refractivity contribution is 0.485. The predicted octanol–water partition coefficient (Wildman–Crippen LogP) is 4.16. The second kappa shape index (κ2) is 7.16. The van der Waals surface area contributed by atoms with Gasteiger partial charge in [-0.15, -0.1) is 10.2 Å². The summed E-state index contributed by atoms with van der Waals surface area (Å²) < 4.78 is 7.41. The molecule has 0 atom stereocenters. The van der Waals surface area contributed by atoms with Crippen molar-refractivity contribution in [1.29, 1.82) is 0 Å². The number of rotatable bonds is 4. The molecule has 0 aliphatic heterocycles. The minimum atomic E-state index is -0.145. The Morgan fingerprint density at radius 1 is 0.759 bits per heavy atom. The molecule has 0 aliphatic rings. The van der Waals surface area contributed by atoms with E-state index >= 15 is 0 Å². The summed E-state index contributed by atoms with van der Waals surface area (Å²) in [5.41, 5.74) is 2.19. The van der Waals surface area contributed by atoms with E-state index in [9.17, 15) is 4.79 Å². The Hall–Kier alpha value is -4.06. The third-order valence-corrected chi connectivity index (χ3v) is 4.67. The summed E-state index contributed by atoms with van der Waals surface area (Å²) in [5.74, 6) is 1.33. The van der Waals surface area contributed by atoms with Crippen LogP contribution in [0.1, 0.15) is 5.89 Å². The van der Waals surface area contributed by atoms with Crippen molar-refractivity contribution >= 4 is 10.9 Å². The van der Waals surface area contributed by atoms with Gasteiger partial charge < -0.3 is 4.42 Å². The summed E-state index contributed by atoms with van der Waals surface area (Å²) in [6, 6.07) is 26.5. The number of benzene rings is 3. The van der Waals surface area contributed by atoms with Gasteiger partial charge in [-0.2, -0.15) is 0 Å². The number of para-hydroxylation sites is 1. The maximum Gasteiger partial charge on any atom is 0.262 e. The Balaban J connectivity index is 1.64. The zero-order valence-electron chi connectivity index (χ0n) is 15.4. The number of nitrogens with zero attached hydrogens (tertiary/aromatic N) is 4. The van der Waals surface area contributed by atoms with Gasteiger partial charge in [-0.25, -0.2) is 4.98 Å². The molecule has 140 valence electrons. The molecule has 0 aliphatic carbocycles. The van der Waals surface area contributed by atoms with E-state index < -0.39 is 0 Å². The van der Waals surface area contributed by atoms with Crippen LogP contribution < -0.4 is 5.56 Å². The maximum atomic E-state index is 13.2. The van der Waals surface area contributed by atoms with Gasteiger partial charge in [-0.05, 0) is 24.3 Å². The average Bonchev–Trinajstić information content (AvgIpc) is 3.25. The third-order valence-electron chi connectivity index (χ3n) is 4.67. The van der Waals surface area contributed by atoms with Crippen molar-refractivity contribution in [3.05, 3.63) is 101 Å². The van der Waals surface area contributed by atoms with Crippen molar-refractivity contribution in [2.45, 2.75) is 6.54 Å². The largest absolute Gasteiger partial charge is 0.419 e. The molecule has 6 heteroatoms. The molecular formula is C23H16N4O2. The number of hydrogen-bond acceptors (Lipinski definition) is 5. The van der Waals surface area contributed by atoms with Gasteiger partial charge in [0.25, 0.3) is 5.56 Å². The highest BCUT2D eigenvalue weighted by atomic mass is 16.4. The topological polar surface area (TPSA) is 73.8 Å². The van der Waals surface area contributed by atoms with Crippen LogP contribution in [-0.2, 0) is 6.54 Å². The van der Waals surface area contributed by atoms with Crippen molar-refractivity contribution in [2.75, 3.05) is 0 Å². The van der Waals surface area contributed by atoms with Crippen molar-refractivity contribution in [2.24, 2.45) is 0 Å². The minimum Gasteiger partial charge on any atom is -0.419 e. The minimum absolute atomic E-state index is 0.140. The van der Waals surface area contributed by atoms with Crippen LogP contribution in [0.4, 0.5) is 0 Å². The Morgan fingerprint density at radius 2 is 1.41 bits per heavy atom. The fourth-order valence-electron chi connectivity index (χ4n) is 3.27. The number of aromatic nitrogens is 4. The van der Waals surface area contributed by atoms with Crippen LogP contribution in [0, 0.1) is 0 Å². The molecule has 3 aromatic carbocycles. The molecule has 29 heavy (non-hydrogen) atoms. The molecule has 2 heterocycles. The van der Waals surface area contributed by atoms with Gasteiger partial charge in [0.1, 0.15) is 12.4 Å². The molecule has 0 radical (unpaired) electrons. The summed E-state index contributed by atoms with van der Waals surface area (Å²) >= 11 is 0. The van der Waals surface area contributed by atoms with Crippen molar-refractivity contribution in [3.8, 4) is 22.8 Å². The molecule has 0 fully saturated rings. The van der Waals surface area contributed by atoms with Crippen molar-refractivity contribution in [1.82, 2.24) is 19.7 Å². The van der Waals surface area contributed by atoms with E-state index in [0.717, 1.165) is 11.1 Å². The lowest BCUT2D eigenvalue weighted by Gasteiger charge is -2.12. The van der Waals surface area contributed by atoms with Gasteiger partial charge in [0.05, 0.1) is 10.9 Å². The van der Waals surface area contributed by atoms with Gasteiger partial charge in [-0.3, -0.25) is 9.36 Å². The Morgan fingerprint density at radius 3 is 2.17 bits per heavy atom. The SMILES string of the molecule is O=c1c2ccccc2nc(-c2ccccc2)n1Cc1nnc(-c2ccccc2)o1. The smallest absolute Gasteiger partial charge is 0.262 e. The molecule has 5 aromatic rings. The molecule has 0 saturated heterocycles. The summed E-state index contributed by atoms with van der Waals surface area (Å²) in [4.78, 5) is 18.0. The van der Waals surface area contributed by atoms with Crippen LogP contribution >= 0.6 is 0 Å². The standard InChI is InChI=1S/C23H16N4O2/c28-23-18-13-7-8-14-19(18)24-21(16-9-3-1-4-10-16)27(23)15-20-25-26-22(29-20)17-11-5-2-6-12-17/h1-14H,15H2. The number of hydrogen-bond donors (Lipinski definition) is 0. The Kier molecular flexibility index (Phi) is 4.22. The van der Waals surface area contributed by atoms with E-state index in [1.54, 1.807) is 10.6 Å². The Bertz CT molecular complexity index is 1340. The highest BCUT2D eigenvalue weighted by Crippen LogP contribution is 2.21. The zero-order valence-corrected chi connectivity index (χ0v) is 15.4. The van der Waals surface area contributed by atoms with Crippen LogP contribution in [0.25, 0.3) is 33.7 Å². The molecule has 2 aromatic heterocycles. The van der Waals surface area contributed by atoms with Crippen LogP contribution in [0.2, 0.25) is 0 Å². The number of fused-ring (bicyclic) bond motifs is 1. The van der Waals surface area contributed by atoms with E-state index in [1.165, 1.54) is 0 Å². The van der Waals surface area contributed by atoms with Gasteiger partial charge >= 0.3 is 0 Å². The van der Waals surface area contributed by atoms with Gasteiger partial charge in [0, 0.05) is 11.1 Å². The van der Waals surface area contributed by atoms with Crippen molar-refractivity contribution in [3.63, 3.8) is 0 Å². The highest BCUT2D eigenvalue weighted by Gasteiger charge is 2.16. The molecule has 5 rings (SSSR count). The second-order valence-electron chi connectivity index (χ2n) is 6.58. The first-order valence-electron chi connectivity index (χ1n) is 9.22. The summed E-state index contributed by atoms with van der Waals surface area (Å²) in [6.07, 6.45) is 0. The summed E-state index contributed by atoms with van der Waals surface area (Å²) in [5, 5.41) is 8.82. The van der Waals surface area contributed by atoms with Gasteiger partial charge in [0.2, 0.25) is 11.8 Å². The van der Waals surface area contributed by atoms with E-state index in [1.807, 2.05) is 78.9 Å². The second-order valence-corrected chi connectivity index (χ2v) is 6.58. The lowest BCUT2D eigenvalue weighted by atomic mass is 10.2. The van der Waals surface area contributed by atoms with Crippen LogP contribution in [0.3, 0.4) is 0 Å². The highest BCUT2D eigenvalue weighted by molar-refractivity contribution is 5.79.